The molecule has 1 N–H and O–H groups in total. The van der Waals surface area contributed by atoms with E-state index in [1.807, 2.05) is 13.0 Å². The summed E-state index contributed by atoms with van der Waals surface area (Å²) in [5, 5.41) is 3.43. The van der Waals surface area contributed by atoms with Gasteiger partial charge in [-0.25, -0.2) is 4.79 Å². The van der Waals surface area contributed by atoms with Gasteiger partial charge in [-0.1, -0.05) is 17.7 Å². The molecule has 0 bridgehead atoms. The first-order chi connectivity index (χ1) is 12.9. The molecule has 7 nitrogen and oxygen atoms in total. The third-order valence-electron chi connectivity index (χ3n) is 5.02. The van der Waals surface area contributed by atoms with E-state index in [2.05, 4.69) is 5.32 Å². The number of anilines is 1. The number of halogens is 1. The predicted molar refractivity (Wildman–Crippen MR) is 102 cm³/mol. The molecular weight excluding hydrogens is 370 g/mol. The van der Waals surface area contributed by atoms with Crippen molar-refractivity contribution >= 4 is 35.2 Å². The van der Waals surface area contributed by atoms with Crippen molar-refractivity contribution in [1.29, 1.82) is 0 Å². The molecule has 3 amide bonds. The van der Waals surface area contributed by atoms with Gasteiger partial charge >= 0.3 is 6.09 Å². The van der Waals surface area contributed by atoms with E-state index in [9.17, 15) is 14.4 Å². The lowest BCUT2D eigenvalue weighted by Gasteiger charge is -2.34. The number of nitrogens with one attached hydrogen (secondary N) is 1. The number of benzene rings is 1. The Balaban J connectivity index is 1.50. The van der Waals surface area contributed by atoms with Gasteiger partial charge in [0.05, 0.1) is 18.4 Å². The van der Waals surface area contributed by atoms with Crippen molar-refractivity contribution in [2.75, 3.05) is 38.1 Å². The number of ether oxygens (including phenoxy) is 1. The number of hydrogen-bond donors (Lipinski definition) is 1. The average molecular weight is 394 g/mol. The number of hydrogen-bond acceptors (Lipinski definition) is 4. The maximum Gasteiger partial charge on any atom is 0.409 e. The lowest BCUT2D eigenvalue weighted by molar-refractivity contribution is -0.135. The number of piperazine rings is 1. The largest absolute Gasteiger partial charge is 0.450 e. The van der Waals surface area contributed by atoms with Crippen LogP contribution in [0.15, 0.2) is 18.2 Å². The normalized spacial score (nSPS) is 21.6. The Bertz CT molecular complexity index is 746. The third-order valence-corrected chi connectivity index (χ3v) is 5.25. The zero-order chi connectivity index (χ0) is 19.6. The summed E-state index contributed by atoms with van der Waals surface area (Å²) in [6.45, 7) is 5.84. The highest BCUT2D eigenvalue weighted by molar-refractivity contribution is 6.31. The summed E-state index contributed by atoms with van der Waals surface area (Å²) in [5.41, 5.74) is 1.60. The Morgan fingerprint density at radius 2 is 1.81 bits per heavy atom. The van der Waals surface area contributed by atoms with Crippen molar-refractivity contribution in [2.24, 2.45) is 11.8 Å². The number of amides is 3. The fraction of sp³-hybridized carbons (Fsp3) is 0.526. The predicted octanol–water partition coefficient (Wildman–Crippen LogP) is 2.52. The van der Waals surface area contributed by atoms with E-state index in [0.717, 1.165) is 5.56 Å². The van der Waals surface area contributed by atoms with Crippen LogP contribution in [0.4, 0.5) is 10.5 Å². The standard InChI is InChI=1S/C19H24ClN3O4/c1-3-27-19(26)23-8-6-22(7-9-23)18(25)15-11-14(15)17(24)21-16-10-13(20)5-4-12(16)2/h4-5,10,14-15H,3,6-9,11H2,1-2H3,(H,21,24). The number of nitrogens with zero attached hydrogens (tertiary/aromatic N) is 2. The van der Waals surface area contributed by atoms with E-state index in [1.165, 1.54) is 0 Å². The molecule has 0 aromatic heterocycles. The highest BCUT2D eigenvalue weighted by Gasteiger charge is 2.49. The lowest BCUT2D eigenvalue weighted by Crippen LogP contribution is -2.51. The smallest absolute Gasteiger partial charge is 0.409 e. The second-order valence-electron chi connectivity index (χ2n) is 6.91. The molecule has 0 radical (unpaired) electrons. The summed E-state index contributed by atoms with van der Waals surface area (Å²) in [5.74, 6) is -0.747. The van der Waals surface area contributed by atoms with E-state index in [1.54, 1.807) is 28.9 Å². The number of carbonyl (C=O) groups excluding carboxylic acids is 3. The minimum atomic E-state index is -0.342. The summed E-state index contributed by atoms with van der Waals surface area (Å²) >= 11 is 5.98. The molecule has 1 aromatic carbocycles. The van der Waals surface area contributed by atoms with Crippen molar-refractivity contribution in [2.45, 2.75) is 20.3 Å². The molecule has 1 aliphatic heterocycles. The fourth-order valence-electron chi connectivity index (χ4n) is 3.27. The van der Waals surface area contributed by atoms with Gasteiger partial charge in [-0.05, 0) is 38.0 Å². The van der Waals surface area contributed by atoms with Gasteiger partial charge in [-0.15, -0.1) is 0 Å². The summed E-state index contributed by atoms with van der Waals surface area (Å²) in [7, 11) is 0. The Kier molecular flexibility index (Phi) is 5.89. The van der Waals surface area contributed by atoms with Crippen molar-refractivity contribution in [3.8, 4) is 0 Å². The molecule has 8 heteroatoms. The zero-order valence-electron chi connectivity index (χ0n) is 15.5. The average Bonchev–Trinajstić information content (AvgIpc) is 3.45. The van der Waals surface area contributed by atoms with Gasteiger partial charge in [-0.3, -0.25) is 9.59 Å². The summed E-state index contributed by atoms with van der Waals surface area (Å²) in [4.78, 5) is 40.2. The number of carbonyl (C=O) groups is 3. The first-order valence-electron chi connectivity index (χ1n) is 9.18. The van der Waals surface area contributed by atoms with Crippen molar-refractivity contribution in [3.05, 3.63) is 28.8 Å². The Labute approximate surface area is 163 Å². The molecule has 146 valence electrons. The molecule has 2 aliphatic rings. The molecule has 1 aliphatic carbocycles. The molecular formula is C19H24ClN3O4. The third kappa shape index (κ3) is 4.53. The molecule has 2 atom stereocenters. The highest BCUT2D eigenvalue weighted by atomic mass is 35.5. The minimum absolute atomic E-state index is 0.0125. The van der Waals surface area contributed by atoms with Crippen molar-refractivity contribution in [1.82, 2.24) is 9.80 Å². The summed E-state index contributed by atoms with van der Waals surface area (Å²) in [6, 6.07) is 5.32. The second kappa shape index (κ2) is 8.17. The molecule has 2 fully saturated rings. The SMILES string of the molecule is CCOC(=O)N1CCN(C(=O)C2CC2C(=O)Nc2cc(Cl)ccc2C)CC1. The summed E-state index contributed by atoms with van der Waals surface area (Å²) < 4.78 is 4.98. The molecule has 0 spiro atoms. The van der Waals surface area contributed by atoms with Crippen LogP contribution in [0.3, 0.4) is 0 Å². The van der Waals surface area contributed by atoms with Gasteiger partial charge < -0.3 is 19.9 Å². The lowest BCUT2D eigenvalue weighted by atomic mass is 10.2. The van der Waals surface area contributed by atoms with Crippen molar-refractivity contribution < 1.29 is 19.1 Å². The quantitative estimate of drug-likeness (QED) is 0.852. The topological polar surface area (TPSA) is 79.0 Å². The van der Waals surface area contributed by atoms with Crippen LogP contribution < -0.4 is 5.32 Å². The first-order valence-corrected chi connectivity index (χ1v) is 9.56. The monoisotopic (exact) mass is 393 g/mol. The molecule has 1 heterocycles. The molecule has 3 rings (SSSR count). The molecule has 1 saturated heterocycles. The van der Waals surface area contributed by atoms with E-state index >= 15 is 0 Å². The molecule has 27 heavy (non-hydrogen) atoms. The van der Waals surface area contributed by atoms with Gasteiger partial charge in [0.1, 0.15) is 0 Å². The van der Waals surface area contributed by atoms with E-state index in [4.69, 9.17) is 16.3 Å². The summed E-state index contributed by atoms with van der Waals surface area (Å²) in [6.07, 6.45) is 0.215. The van der Waals surface area contributed by atoms with Crippen LogP contribution in [0.1, 0.15) is 18.9 Å². The molecule has 1 aromatic rings. The Morgan fingerprint density at radius 1 is 1.15 bits per heavy atom. The van der Waals surface area contributed by atoms with Crippen LogP contribution in [0.2, 0.25) is 5.02 Å². The number of rotatable bonds is 4. The van der Waals surface area contributed by atoms with Gasteiger partial charge in [0.25, 0.3) is 0 Å². The maximum atomic E-state index is 12.6. The van der Waals surface area contributed by atoms with Crippen molar-refractivity contribution in [3.63, 3.8) is 0 Å². The second-order valence-corrected chi connectivity index (χ2v) is 7.34. The van der Waals surface area contributed by atoms with E-state index in [-0.39, 0.29) is 29.7 Å². The van der Waals surface area contributed by atoms with Crippen LogP contribution in [0.5, 0.6) is 0 Å². The molecule has 1 saturated carbocycles. The molecule has 2 unspecified atom stereocenters. The van der Waals surface area contributed by atoms with Gasteiger partial charge in [0.15, 0.2) is 0 Å². The van der Waals surface area contributed by atoms with Gasteiger partial charge in [0, 0.05) is 36.9 Å². The number of aryl methyl sites for hydroxylation is 1. The first kappa shape index (κ1) is 19.5. The maximum absolute atomic E-state index is 12.6. The highest BCUT2D eigenvalue weighted by Crippen LogP contribution is 2.41. The fourth-order valence-corrected chi connectivity index (χ4v) is 3.44. The van der Waals surface area contributed by atoms with Crippen LogP contribution in [0, 0.1) is 18.8 Å². The Morgan fingerprint density at radius 3 is 2.48 bits per heavy atom. The van der Waals surface area contributed by atoms with Crippen LogP contribution >= 0.6 is 11.6 Å². The van der Waals surface area contributed by atoms with E-state index in [0.29, 0.717) is 49.9 Å². The van der Waals surface area contributed by atoms with Gasteiger partial charge in [0.2, 0.25) is 11.8 Å². The van der Waals surface area contributed by atoms with Crippen LogP contribution in [-0.4, -0.2) is 60.5 Å². The van der Waals surface area contributed by atoms with Crippen LogP contribution in [-0.2, 0) is 14.3 Å². The van der Waals surface area contributed by atoms with E-state index < -0.39 is 0 Å². The van der Waals surface area contributed by atoms with Gasteiger partial charge in [-0.2, -0.15) is 0 Å². The minimum Gasteiger partial charge on any atom is -0.450 e. The zero-order valence-corrected chi connectivity index (χ0v) is 16.3. The van der Waals surface area contributed by atoms with Crippen LogP contribution in [0.25, 0.3) is 0 Å². The Hall–Kier alpha value is -2.28.